The zero-order valence-corrected chi connectivity index (χ0v) is 18.7. The van der Waals surface area contributed by atoms with Crippen molar-refractivity contribution >= 4 is 45.1 Å². The molecule has 0 aliphatic rings. The van der Waals surface area contributed by atoms with Crippen molar-refractivity contribution < 1.29 is 14.3 Å². The molecular formula is C21H23N3O4S2. The van der Waals surface area contributed by atoms with Gasteiger partial charge in [-0.15, -0.1) is 11.3 Å². The molecule has 30 heavy (non-hydrogen) atoms. The second-order valence-electron chi connectivity index (χ2n) is 6.73. The molecule has 9 heteroatoms. The largest absolute Gasteiger partial charge is 0.383 e. The summed E-state index contributed by atoms with van der Waals surface area (Å²) in [6.07, 6.45) is 0.133. The highest BCUT2D eigenvalue weighted by atomic mass is 32.2. The first-order valence-corrected chi connectivity index (χ1v) is 11.2. The molecule has 0 unspecified atom stereocenters. The topological polar surface area (TPSA) is 90.3 Å². The van der Waals surface area contributed by atoms with Gasteiger partial charge in [-0.2, -0.15) is 0 Å². The first-order valence-electron chi connectivity index (χ1n) is 9.39. The van der Waals surface area contributed by atoms with Crippen LogP contribution in [-0.4, -0.2) is 40.8 Å². The third-order valence-electron chi connectivity index (χ3n) is 4.59. The van der Waals surface area contributed by atoms with Gasteiger partial charge in [-0.3, -0.25) is 24.3 Å². The maximum Gasteiger partial charge on any atom is 0.263 e. The fraction of sp³-hybridized carbons (Fsp3) is 0.333. The van der Waals surface area contributed by atoms with E-state index < -0.39 is 5.91 Å². The summed E-state index contributed by atoms with van der Waals surface area (Å²) in [6, 6.07) is 9.21. The van der Waals surface area contributed by atoms with Gasteiger partial charge in [0, 0.05) is 12.0 Å². The molecule has 2 heterocycles. The van der Waals surface area contributed by atoms with Gasteiger partial charge in [0.1, 0.15) is 4.83 Å². The number of thiophene rings is 1. The molecule has 0 bridgehead atoms. The Hall–Kier alpha value is -2.49. The quantitative estimate of drug-likeness (QED) is 0.424. The molecule has 0 atom stereocenters. The summed E-state index contributed by atoms with van der Waals surface area (Å²) >= 11 is 2.60. The van der Waals surface area contributed by atoms with Crippen molar-refractivity contribution in [2.24, 2.45) is 0 Å². The lowest BCUT2D eigenvalue weighted by Crippen LogP contribution is -2.33. The molecule has 7 nitrogen and oxygen atoms in total. The number of thioether (sulfide) groups is 1. The van der Waals surface area contributed by atoms with E-state index in [2.05, 4.69) is 10.3 Å². The Balaban J connectivity index is 1.73. The third kappa shape index (κ3) is 5.16. The minimum absolute atomic E-state index is 0.0190. The van der Waals surface area contributed by atoms with Crippen LogP contribution in [0.1, 0.15) is 16.0 Å². The lowest BCUT2D eigenvalue weighted by Gasteiger charge is -2.11. The Bertz CT molecular complexity index is 1120. The number of hydrogen-bond acceptors (Lipinski definition) is 7. The van der Waals surface area contributed by atoms with Crippen molar-refractivity contribution in [3.63, 3.8) is 0 Å². The minimum Gasteiger partial charge on any atom is -0.383 e. The summed E-state index contributed by atoms with van der Waals surface area (Å²) in [7, 11) is 1.57. The summed E-state index contributed by atoms with van der Waals surface area (Å²) in [6.45, 7) is 4.56. The number of benzene rings is 1. The second kappa shape index (κ2) is 10.0. The van der Waals surface area contributed by atoms with Gasteiger partial charge in [0.05, 0.1) is 30.7 Å². The van der Waals surface area contributed by atoms with Crippen molar-refractivity contribution in [3.05, 3.63) is 56.7 Å². The number of hydrogen-bond donors (Lipinski definition) is 1. The van der Waals surface area contributed by atoms with E-state index in [-0.39, 0.29) is 23.6 Å². The van der Waals surface area contributed by atoms with Crippen LogP contribution in [0.5, 0.6) is 0 Å². The van der Waals surface area contributed by atoms with Crippen LogP contribution < -0.4 is 10.9 Å². The molecule has 0 saturated carbocycles. The number of imide groups is 1. The predicted molar refractivity (Wildman–Crippen MR) is 119 cm³/mol. The number of nitrogens with one attached hydrogen (secondary N) is 1. The zero-order valence-electron chi connectivity index (χ0n) is 17.1. The van der Waals surface area contributed by atoms with Crippen LogP contribution in [-0.2, 0) is 27.3 Å². The molecular weight excluding hydrogens is 422 g/mol. The highest BCUT2D eigenvalue weighted by Crippen LogP contribution is 2.28. The number of amides is 2. The van der Waals surface area contributed by atoms with Crippen molar-refractivity contribution in [1.82, 2.24) is 14.9 Å². The molecule has 0 radical (unpaired) electrons. The van der Waals surface area contributed by atoms with E-state index in [0.717, 1.165) is 27.8 Å². The van der Waals surface area contributed by atoms with Gasteiger partial charge in [-0.25, -0.2) is 4.98 Å². The van der Waals surface area contributed by atoms with Crippen LogP contribution in [0, 0.1) is 13.8 Å². The molecule has 3 aromatic rings. The van der Waals surface area contributed by atoms with Crippen molar-refractivity contribution in [2.45, 2.75) is 32.0 Å². The smallest absolute Gasteiger partial charge is 0.263 e. The number of nitrogens with zero attached hydrogens (tertiary/aromatic N) is 2. The fourth-order valence-corrected chi connectivity index (χ4v) is 4.84. The minimum atomic E-state index is -0.424. The number of carbonyl (C=O) groups is 2. The maximum atomic E-state index is 13.0. The van der Waals surface area contributed by atoms with E-state index in [1.165, 1.54) is 15.9 Å². The average molecular weight is 446 g/mol. The van der Waals surface area contributed by atoms with Crippen LogP contribution in [0.3, 0.4) is 0 Å². The molecule has 0 aliphatic carbocycles. The molecule has 158 valence electrons. The maximum absolute atomic E-state index is 13.0. The van der Waals surface area contributed by atoms with E-state index >= 15 is 0 Å². The zero-order chi connectivity index (χ0) is 21.7. The normalized spacial score (nSPS) is 11.0. The van der Waals surface area contributed by atoms with Crippen LogP contribution in [0.4, 0.5) is 0 Å². The number of aromatic nitrogens is 2. The molecule has 3 rings (SSSR count). The molecule has 1 N–H and O–H groups in total. The number of carbonyl (C=O) groups excluding carboxylic acids is 2. The molecule has 0 fully saturated rings. The SMILES string of the molecule is COCCn1c(SCC(=O)NC(=O)Cc2ccccc2)nc2sc(C)c(C)c2c1=O. The van der Waals surface area contributed by atoms with Crippen LogP contribution in [0.15, 0.2) is 40.3 Å². The van der Waals surface area contributed by atoms with Gasteiger partial charge in [-0.1, -0.05) is 42.1 Å². The van der Waals surface area contributed by atoms with Crippen molar-refractivity contribution in [1.29, 1.82) is 0 Å². The average Bonchev–Trinajstić information content (AvgIpc) is 3.00. The van der Waals surface area contributed by atoms with Crippen molar-refractivity contribution in [2.75, 3.05) is 19.5 Å². The summed E-state index contributed by atoms with van der Waals surface area (Å²) in [4.78, 5) is 43.7. The van der Waals surface area contributed by atoms with E-state index in [4.69, 9.17) is 4.74 Å². The molecule has 0 spiro atoms. The Morgan fingerprint density at radius 1 is 1.20 bits per heavy atom. The molecule has 2 amide bonds. The van der Waals surface area contributed by atoms with Crippen LogP contribution >= 0.6 is 23.1 Å². The first kappa shape index (κ1) is 22.2. The van der Waals surface area contributed by atoms with Gasteiger partial charge in [0.25, 0.3) is 5.56 Å². The van der Waals surface area contributed by atoms with E-state index in [0.29, 0.717) is 28.5 Å². The summed E-state index contributed by atoms with van der Waals surface area (Å²) in [5, 5.41) is 3.44. The van der Waals surface area contributed by atoms with Crippen LogP contribution in [0.2, 0.25) is 0 Å². The second-order valence-corrected chi connectivity index (χ2v) is 8.88. The number of rotatable bonds is 8. The first-order chi connectivity index (χ1) is 14.4. The summed E-state index contributed by atoms with van der Waals surface area (Å²) in [5.74, 6) is -0.807. The standard InChI is InChI=1S/C21H23N3O4S2/c1-13-14(2)30-19-18(13)20(27)24(9-10-28-3)21(23-19)29-12-17(26)22-16(25)11-15-7-5-4-6-8-15/h4-8H,9-12H2,1-3H3,(H,22,25,26). The Kier molecular flexibility index (Phi) is 7.41. The predicted octanol–water partition coefficient (Wildman–Crippen LogP) is 2.70. The lowest BCUT2D eigenvalue weighted by atomic mass is 10.1. The Morgan fingerprint density at radius 2 is 1.93 bits per heavy atom. The van der Waals surface area contributed by atoms with Gasteiger partial charge >= 0.3 is 0 Å². The van der Waals surface area contributed by atoms with Gasteiger partial charge in [0.15, 0.2) is 5.16 Å². The number of aryl methyl sites for hydroxylation is 2. The number of methoxy groups -OCH3 is 1. The molecule has 2 aromatic heterocycles. The van der Waals surface area contributed by atoms with E-state index in [9.17, 15) is 14.4 Å². The Morgan fingerprint density at radius 3 is 2.63 bits per heavy atom. The van der Waals surface area contributed by atoms with Crippen LogP contribution in [0.25, 0.3) is 10.2 Å². The monoisotopic (exact) mass is 445 g/mol. The fourth-order valence-electron chi connectivity index (χ4n) is 2.95. The van der Waals surface area contributed by atoms with Gasteiger partial charge < -0.3 is 4.74 Å². The van der Waals surface area contributed by atoms with E-state index in [1.807, 2.05) is 44.2 Å². The van der Waals surface area contributed by atoms with E-state index in [1.54, 1.807) is 7.11 Å². The molecule has 1 aromatic carbocycles. The lowest BCUT2D eigenvalue weighted by molar-refractivity contribution is -0.128. The third-order valence-corrected chi connectivity index (χ3v) is 6.67. The summed E-state index contributed by atoms with van der Waals surface area (Å²) < 4.78 is 6.66. The Labute approximate surface area is 182 Å². The highest BCUT2D eigenvalue weighted by Gasteiger charge is 2.18. The molecule has 0 saturated heterocycles. The molecule has 0 aliphatic heterocycles. The van der Waals surface area contributed by atoms with Crippen molar-refractivity contribution in [3.8, 4) is 0 Å². The number of ether oxygens (including phenoxy) is 1. The highest BCUT2D eigenvalue weighted by molar-refractivity contribution is 7.99. The number of fused-ring (bicyclic) bond motifs is 1. The summed E-state index contributed by atoms with van der Waals surface area (Å²) in [5.41, 5.74) is 1.63. The van der Waals surface area contributed by atoms with Gasteiger partial charge in [0.2, 0.25) is 11.8 Å². The van der Waals surface area contributed by atoms with Gasteiger partial charge in [-0.05, 0) is 25.0 Å².